The molecule has 2 heterocycles. The number of nitrogens with zero attached hydrogens (tertiary/aromatic N) is 2. The third-order valence-corrected chi connectivity index (χ3v) is 3.04. The number of ether oxygens (including phenoxy) is 1. The summed E-state index contributed by atoms with van der Waals surface area (Å²) in [5.41, 5.74) is 0. The lowest BCUT2D eigenvalue weighted by Gasteiger charge is -2.18. The summed E-state index contributed by atoms with van der Waals surface area (Å²) in [5.74, 6) is 1.85. The molecule has 0 bridgehead atoms. The van der Waals surface area contributed by atoms with Gasteiger partial charge in [-0.25, -0.2) is 0 Å². The fraction of sp³-hybridized carbons (Fsp3) is 0.833. The Morgan fingerprint density at radius 2 is 2.41 bits per heavy atom. The average molecular weight is 239 g/mol. The highest BCUT2D eigenvalue weighted by Gasteiger charge is 2.21. The Labute approximate surface area is 102 Å². The van der Waals surface area contributed by atoms with Gasteiger partial charge in [-0.05, 0) is 26.3 Å². The van der Waals surface area contributed by atoms with Crippen LogP contribution in [0.3, 0.4) is 0 Å². The van der Waals surface area contributed by atoms with Crippen LogP contribution in [0.1, 0.15) is 44.3 Å². The van der Waals surface area contributed by atoms with Gasteiger partial charge in [0, 0.05) is 25.0 Å². The van der Waals surface area contributed by atoms with Gasteiger partial charge in [0.1, 0.15) is 0 Å². The van der Waals surface area contributed by atoms with Crippen molar-refractivity contribution >= 4 is 0 Å². The molecule has 96 valence electrons. The summed E-state index contributed by atoms with van der Waals surface area (Å²) in [6.07, 6.45) is 2.97. The molecule has 1 aliphatic rings. The quantitative estimate of drug-likeness (QED) is 0.844. The fourth-order valence-corrected chi connectivity index (χ4v) is 2.14. The molecule has 0 amide bonds. The predicted molar refractivity (Wildman–Crippen MR) is 63.9 cm³/mol. The Hall–Kier alpha value is -0.940. The number of hydrogen-bond donors (Lipinski definition) is 1. The summed E-state index contributed by atoms with van der Waals surface area (Å²) in [7, 11) is 0. The smallest absolute Gasteiger partial charge is 0.228 e. The van der Waals surface area contributed by atoms with Crippen LogP contribution in [-0.2, 0) is 11.2 Å². The van der Waals surface area contributed by atoms with Crippen LogP contribution in [0.15, 0.2) is 4.52 Å². The molecular weight excluding hydrogens is 218 g/mol. The molecule has 1 aromatic heterocycles. The molecule has 1 fully saturated rings. The zero-order valence-corrected chi connectivity index (χ0v) is 10.6. The standard InChI is InChI=1S/C12H21N3O2/c1-3-13-9(2)7-11-14-12(15-17-11)10-5-4-6-16-8-10/h9-10,13H,3-8H2,1-2H3. The van der Waals surface area contributed by atoms with Crippen LogP contribution < -0.4 is 5.32 Å². The van der Waals surface area contributed by atoms with Crippen molar-refractivity contribution in [3.63, 3.8) is 0 Å². The Kier molecular flexibility index (Phi) is 4.50. The van der Waals surface area contributed by atoms with Crippen molar-refractivity contribution in [1.29, 1.82) is 0 Å². The second kappa shape index (κ2) is 6.12. The first kappa shape index (κ1) is 12.5. The van der Waals surface area contributed by atoms with E-state index in [9.17, 15) is 0 Å². The number of rotatable bonds is 5. The van der Waals surface area contributed by atoms with Crippen molar-refractivity contribution in [2.75, 3.05) is 19.8 Å². The minimum atomic E-state index is 0.315. The van der Waals surface area contributed by atoms with E-state index in [1.165, 1.54) is 0 Å². The summed E-state index contributed by atoms with van der Waals surface area (Å²) in [4.78, 5) is 4.46. The lowest BCUT2D eigenvalue weighted by Crippen LogP contribution is -2.27. The van der Waals surface area contributed by atoms with Crippen molar-refractivity contribution in [3.05, 3.63) is 11.7 Å². The van der Waals surface area contributed by atoms with E-state index in [1.807, 2.05) is 0 Å². The van der Waals surface area contributed by atoms with Crippen LogP contribution in [0.5, 0.6) is 0 Å². The van der Waals surface area contributed by atoms with E-state index < -0.39 is 0 Å². The lowest BCUT2D eigenvalue weighted by molar-refractivity contribution is 0.0773. The first-order valence-corrected chi connectivity index (χ1v) is 6.43. The van der Waals surface area contributed by atoms with E-state index in [4.69, 9.17) is 9.26 Å². The summed E-state index contributed by atoms with van der Waals surface area (Å²) in [5, 5.41) is 7.39. The molecule has 2 rings (SSSR count). The highest BCUT2D eigenvalue weighted by molar-refractivity contribution is 4.97. The molecule has 5 nitrogen and oxygen atoms in total. The Balaban J connectivity index is 1.90. The summed E-state index contributed by atoms with van der Waals surface area (Å²) < 4.78 is 10.7. The molecule has 0 saturated carbocycles. The first-order chi connectivity index (χ1) is 8.29. The number of likely N-dealkylation sites (N-methyl/N-ethyl adjacent to an activating group) is 1. The SMILES string of the molecule is CCNC(C)Cc1nc(C2CCCOC2)no1. The van der Waals surface area contributed by atoms with Gasteiger partial charge in [0.2, 0.25) is 5.89 Å². The average Bonchev–Trinajstić information content (AvgIpc) is 2.79. The second-order valence-corrected chi connectivity index (χ2v) is 4.62. The monoisotopic (exact) mass is 239 g/mol. The van der Waals surface area contributed by atoms with Crippen LogP contribution in [0.2, 0.25) is 0 Å². The Morgan fingerprint density at radius 1 is 1.53 bits per heavy atom. The van der Waals surface area contributed by atoms with Crippen LogP contribution in [0.25, 0.3) is 0 Å². The largest absolute Gasteiger partial charge is 0.381 e. The molecule has 1 aliphatic heterocycles. The maximum Gasteiger partial charge on any atom is 0.228 e. The van der Waals surface area contributed by atoms with E-state index in [0.29, 0.717) is 12.0 Å². The van der Waals surface area contributed by atoms with Crippen LogP contribution in [0.4, 0.5) is 0 Å². The van der Waals surface area contributed by atoms with E-state index in [-0.39, 0.29) is 0 Å². The summed E-state index contributed by atoms with van der Waals surface area (Å²) in [6, 6.07) is 0.371. The van der Waals surface area contributed by atoms with Gasteiger partial charge in [-0.1, -0.05) is 12.1 Å². The maximum absolute atomic E-state index is 5.43. The second-order valence-electron chi connectivity index (χ2n) is 4.62. The number of hydrogen-bond acceptors (Lipinski definition) is 5. The van der Waals surface area contributed by atoms with Crippen molar-refractivity contribution in [3.8, 4) is 0 Å². The van der Waals surface area contributed by atoms with Crippen LogP contribution in [0, 0.1) is 0 Å². The molecular formula is C12H21N3O2. The molecule has 17 heavy (non-hydrogen) atoms. The molecule has 0 radical (unpaired) electrons. The molecule has 5 heteroatoms. The summed E-state index contributed by atoms with van der Waals surface area (Å²) >= 11 is 0. The minimum absolute atomic E-state index is 0.315. The van der Waals surface area contributed by atoms with Gasteiger partial charge >= 0.3 is 0 Å². The molecule has 0 aromatic carbocycles. The first-order valence-electron chi connectivity index (χ1n) is 6.43. The fourth-order valence-electron chi connectivity index (χ4n) is 2.14. The zero-order chi connectivity index (χ0) is 12.1. The normalized spacial score (nSPS) is 22.6. The van der Waals surface area contributed by atoms with E-state index >= 15 is 0 Å². The van der Waals surface area contributed by atoms with Gasteiger partial charge in [-0.15, -0.1) is 0 Å². The van der Waals surface area contributed by atoms with Gasteiger partial charge in [-0.3, -0.25) is 0 Å². The van der Waals surface area contributed by atoms with E-state index in [1.54, 1.807) is 0 Å². The molecule has 1 saturated heterocycles. The zero-order valence-electron chi connectivity index (χ0n) is 10.6. The molecule has 1 aromatic rings. The third kappa shape index (κ3) is 3.51. The summed E-state index contributed by atoms with van der Waals surface area (Å²) in [6.45, 7) is 6.76. The topological polar surface area (TPSA) is 60.2 Å². The molecule has 1 N–H and O–H groups in total. The Bertz CT molecular complexity index is 334. The third-order valence-electron chi connectivity index (χ3n) is 3.04. The van der Waals surface area contributed by atoms with Crippen molar-refractivity contribution < 1.29 is 9.26 Å². The van der Waals surface area contributed by atoms with Gasteiger partial charge in [0.05, 0.1) is 6.61 Å². The lowest BCUT2D eigenvalue weighted by atomic mass is 10.0. The highest BCUT2D eigenvalue weighted by Crippen LogP contribution is 2.22. The minimum Gasteiger partial charge on any atom is -0.381 e. The van der Waals surface area contributed by atoms with Gasteiger partial charge in [0.25, 0.3) is 0 Å². The predicted octanol–water partition coefficient (Wildman–Crippen LogP) is 1.50. The van der Waals surface area contributed by atoms with E-state index in [2.05, 4.69) is 29.3 Å². The van der Waals surface area contributed by atoms with Crippen molar-refractivity contribution in [2.45, 2.75) is 45.1 Å². The van der Waals surface area contributed by atoms with Crippen LogP contribution in [-0.4, -0.2) is 35.9 Å². The van der Waals surface area contributed by atoms with Crippen molar-refractivity contribution in [2.24, 2.45) is 0 Å². The van der Waals surface area contributed by atoms with E-state index in [0.717, 1.165) is 50.7 Å². The molecule has 0 aliphatic carbocycles. The Morgan fingerprint density at radius 3 is 3.12 bits per heavy atom. The van der Waals surface area contributed by atoms with Gasteiger partial charge in [-0.2, -0.15) is 4.98 Å². The van der Waals surface area contributed by atoms with Crippen molar-refractivity contribution in [1.82, 2.24) is 15.5 Å². The number of nitrogens with one attached hydrogen (secondary N) is 1. The number of aromatic nitrogens is 2. The highest BCUT2D eigenvalue weighted by atomic mass is 16.5. The molecule has 2 unspecified atom stereocenters. The van der Waals surface area contributed by atoms with Crippen LogP contribution >= 0.6 is 0 Å². The molecule has 2 atom stereocenters. The maximum atomic E-state index is 5.43. The van der Waals surface area contributed by atoms with Gasteiger partial charge < -0.3 is 14.6 Å². The molecule has 0 spiro atoms. The van der Waals surface area contributed by atoms with Gasteiger partial charge in [0.15, 0.2) is 5.82 Å².